The number of hydrazone groups is 1. The van der Waals surface area contributed by atoms with Crippen LogP contribution in [0, 0.1) is 10.1 Å². The van der Waals surface area contributed by atoms with E-state index in [2.05, 4.69) is 10.5 Å². The summed E-state index contributed by atoms with van der Waals surface area (Å²) in [4.78, 5) is 21.6. The maximum atomic E-state index is 11.6. The first-order valence-electron chi connectivity index (χ1n) is 5.29. The van der Waals surface area contributed by atoms with E-state index in [1.165, 1.54) is 12.3 Å². The molecule has 0 aliphatic heterocycles. The summed E-state index contributed by atoms with van der Waals surface area (Å²) in [6.45, 7) is 0. The Kier molecular flexibility index (Phi) is 3.67. The Morgan fingerprint density at radius 1 is 1.32 bits per heavy atom. The van der Waals surface area contributed by atoms with E-state index >= 15 is 0 Å². The number of nitrogens with zero attached hydrogens (tertiary/aromatic N) is 2. The lowest BCUT2D eigenvalue weighted by atomic mass is 10.2. The quantitative estimate of drug-likeness (QED) is 0.515. The number of hydrogen-bond acceptors (Lipinski definition) is 5. The van der Waals surface area contributed by atoms with E-state index < -0.39 is 10.8 Å². The average Bonchev–Trinajstić information content (AvgIpc) is 2.88. The number of carbonyl (C=O) groups excluding carboxylic acids is 1. The summed E-state index contributed by atoms with van der Waals surface area (Å²) in [5.74, 6) is -0.440. The monoisotopic (exact) mass is 259 g/mol. The predicted octanol–water partition coefficient (Wildman–Crippen LogP) is 1.95. The van der Waals surface area contributed by atoms with Gasteiger partial charge in [0.15, 0.2) is 0 Å². The van der Waals surface area contributed by atoms with Gasteiger partial charge in [-0.25, -0.2) is 5.43 Å². The van der Waals surface area contributed by atoms with Gasteiger partial charge < -0.3 is 4.42 Å². The second-order valence-electron chi connectivity index (χ2n) is 3.49. The number of amides is 1. The molecule has 0 bridgehead atoms. The molecule has 0 aliphatic rings. The van der Waals surface area contributed by atoms with Crippen LogP contribution in [0.5, 0.6) is 0 Å². The molecule has 1 heterocycles. The summed E-state index contributed by atoms with van der Waals surface area (Å²) in [6, 6.07) is 9.68. The molecular formula is C12H9N3O4. The molecule has 0 radical (unpaired) electrons. The highest BCUT2D eigenvalue weighted by Crippen LogP contribution is 2.16. The van der Waals surface area contributed by atoms with Crippen molar-refractivity contribution < 1.29 is 14.1 Å². The van der Waals surface area contributed by atoms with Crippen LogP contribution in [0.2, 0.25) is 0 Å². The van der Waals surface area contributed by atoms with Crippen LogP contribution in [0.3, 0.4) is 0 Å². The highest BCUT2D eigenvalue weighted by atomic mass is 16.6. The van der Waals surface area contributed by atoms with Crippen LogP contribution < -0.4 is 5.43 Å². The molecule has 0 saturated carbocycles. The molecule has 0 unspecified atom stereocenters. The van der Waals surface area contributed by atoms with Crippen molar-refractivity contribution in [3.8, 4) is 0 Å². The molecule has 7 nitrogen and oxygen atoms in total. The fourth-order valence-corrected chi connectivity index (χ4v) is 1.37. The number of benzene rings is 1. The summed E-state index contributed by atoms with van der Waals surface area (Å²) in [5.41, 5.74) is 2.48. The van der Waals surface area contributed by atoms with E-state index in [1.54, 1.807) is 30.3 Å². The van der Waals surface area contributed by atoms with Gasteiger partial charge in [0.2, 0.25) is 5.76 Å². The van der Waals surface area contributed by atoms with E-state index in [9.17, 15) is 14.9 Å². The lowest BCUT2D eigenvalue weighted by molar-refractivity contribution is -0.385. The zero-order valence-electron chi connectivity index (χ0n) is 9.65. The minimum Gasteiger partial charge on any atom is -0.456 e. The smallest absolute Gasteiger partial charge is 0.316 e. The van der Waals surface area contributed by atoms with Crippen molar-refractivity contribution >= 4 is 17.8 Å². The van der Waals surface area contributed by atoms with Gasteiger partial charge in [0.1, 0.15) is 0 Å². The molecule has 0 spiro atoms. The van der Waals surface area contributed by atoms with Crippen molar-refractivity contribution in [3.63, 3.8) is 0 Å². The van der Waals surface area contributed by atoms with Crippen LogP contribution in [-0.4, -0.2) is 17.0 Å². The van der Waals surface area contributed by atoms with Gasteiger partial charge in [-0.3, -0.25) is 14.9 Å². The third-order valence-electron chi connectivity index (χ3n) is 2.25. The van der Waals surface area contributed by atoms with Crippen LogP contribution in [0.25, 0.3) is 0 Å². The first-order chi connectivity index (χ1) is 9.18. The minimum atomic E-state index is -0.593. The Morgan fingerprint density at radius 3 is 2.74 bits per heavy atom. The maximum Gasteiger partial charge on any atom is 0.316 e. The van der Waals surface area contributed by atoms with Crippen molar-refractivity contribution in [3.05, 3.63) is 64.1 Å². The van der Waals surface area contributed by atoms with Crippen molar-refractivity contribution in [1.82, 2.24) is 5.43 Å². The zero-order chi connectivity index (χ0) is 13.7. The SMILES string of the molecule is O=C(N/N=C/c1occc1[N+](=O)[O-])c1ccccc1. The van der Waals surface area contributed by atoms with Gasteiger partial charge in [-0.05, 0) is 12.1 Å². The number of rotatable bonds is 4. The Balaban J connectivity index is 2.03. The number of hydrogen-bond donors (Lipinski definition) is 1. The molecule has 2 rings (SSSR count). The van der Waals surface area contributed by atoms with Gasteiger partial charge in [0.25, 0.3) is 5.91 Å². The second kappa shape index (κ2) is 5.58. The van der Waals surface area contributed by atoms with Crippen molar-refractivity contribution in [2.45, 2.75) is 0 Å². The Hall–Kier alpha value is -2.96. The Bertz CT molecular complexity index is 619. The Morgan fingerprint density at radius 2 is 2.05 bits per heavy atom. The zero-order valence-corrected chi connectivity index (χ0v) is 9.65. The number of furan rings is 1. The molecule has 96 valence electrons. The average molecular weight is 259 g/mol. The first-order valence-corrected chi connectivity index (χ1v) is 5.29. The molecule has 7 heteroatoms. The van der Waals surface area contributed by atoms with E-state index in [4.69, 9.17) is 4.42 Å². The van der Waals surface area contributed by atoms with Gasteiger partial charge in [-0.1, -0.05) is 18.2 Å². The summed E-state index contributed by atoms with van der Waals surface area (Å²) < 4.78 is 4.87. The molecule has 1 amide bonds. The topological polar surface area (TPSA) is 97.7 Å². The summed E-state index contributed by atoms with van der Waals surface area (Å²) >= 11 is 0. The van der Waals surface area contributed by atoms with E-state index in [0.29, 0.717) is 5.56 Å². The van der Waals surface area contributed by atoms with Crippen LogP contribution in [-0.2, 0) is 0 Å². The van der Waals surface area contributed by atoms with Gasteiger partial charge in [-0.2, -0.15) is 5.10 Å². The molecule has 0 aliphatic carbocycles. The van der Waals surface area contributed by atoms with Gasteiger partial charge >= 0.3 is 5.69 Å². The molecule has 1 N–H and O–H groups in total. The van der Waals surface area contributed by atoms with E-state index in [0.717, 1.165) is 6.21 Å². The molecule has 0 fully saturated rings. The lowest BCUT2D eigenvalue weighted by Crippen LogP contribution is -2.17. The molecule has 1 aromatic heterocycles. The highest BCUT2D eigenvalue weighted by molar-refractivity contribution is 5.94. The summed E-state index contributed by atoms with van der Waals surface area (Å²) in [7, 11) is 0. The first kappa shape index (κ1) is 12.5. The fraction of sp³-hybridized carbons (Fsp3) is 0. The van der Waals surface area contributed by atoms with E-state index in [1.807, 2.05) is 0 Å². The fourth-order valence-electron chi connectivity index (χ4n) is 1.37. The summed E-state index contributed by atoms with van der Waals surface area (Å²) in [6.07, 6.45) is 2.26. The van der Waals surface area contributed by atoms with Crippen LogP contribution >= 0.6 is 0 Å². The standard InChI is InChI=1S/C12H9N3O4/c16-12(9-4-2-1-3-5-9)14-13-8-11-10(15(17)18)6-7-19-11/h1-8H,(H,14,16)/b13-8+. The number of nitrogens with one attached hydrogen (secondary N) is 1. The third-order valence-corrected chi connectivity index (χ3v) is 2.25. The number of nitro groups is 1. The normalized spacial score (nSPS) is 10.5. The van der Waals surface area contributed by atoms with Gasteiger partial charge in [0.05, 0.1) is 23.5 Å². The van der Waals surface area contributed by atoms with Crippen molar-refractivity contribution in [1.29, 1.82) is 0 Å². The van der Waals surface area contributed by atoms with Crippen LogP contribution in [0.15, 0.2) is 52.2 Å². The largest absolute Gasteiger partial charge is 0.456 e. The van der Waals surface area contributed by atoms with Crippen molar-refractivity contribution in [2.75, 3.05) is 0 Å². The number of carbonyl (C=O) groups is 1. The predicted molar refractivity (Wildman–Crippen MR) is 66.9 cm³/mol. The molecule has 19 heavy (non-hydrogen) atoms. The highest BCUT2D eigenvalue weighted by Gasteiger charge is 2.15. The lowest BCUT2D eigenvalue weighted by Gasteiger charge is -1.97. The van der Waals surface area contributed by atoms with E-state index in [-0.39, 0.29) is 11.4 Å². The summed E-state index contributed by atoms with van der Waals surface area (Å²) in [5, 5.41) is 14.2. The Labute approximate surface area is 107 Å². The van der Waals surface area contributed by atoms with Crippen molar-refractivity contribution in [2.24, 2.45) is 5.10 Å². The van der Waals surface area contributed by atoms with Crippen LogP contribution in [0.4, 0.5) is 5.69 Å². The molecule has 2 aromatic rings. The van der Waals surface area contributed by atoms with Gasteiger partial charge in [0, 0.05) is 5.56 Å². The maximum absolute atomic E-state index is 11.6. The minimum absolute atomic E-state index is 0.0293. The molecule has 1 aromatic carbocycles. The third kappa shape index (κ3) is 3.03. The van der Waals surface area contributed by atoms with Gasteiger partial charge in [-0.15, -0.1) is 0 Å². The molecule has 0 atom stereocenters. The molecular weight excluding hydrogens is 250 g/mol. The van der Waals surface area contributed by atoms with Crippen LogP contribution in [0.1, 0.15) is 16.1 Å². The molecule has 0 saturated heterocycles. The second-order valence-corrected chi connectivity index (χ2v) is 3.49.